The number of aromatic nitrogens is 1. The molecule has 0 spiro atoms. The first-order chi connectivity index (χ1) is 16.7. The minimum absolute atomic E-state index is 0.930. The molecule has 0 saturated heterocycles. The molecule has 0 N–H and O–H groups in total. The Bertz CT molecular complexity index is 1720. The second-order valence-corrected chi connectivity index (χ2v) is 20.0. The molecule has 2 aliphatic heterocycles. The topological polar surface area (TPSA) is 17.0 Å². The summed E-state index contributed by atoms with van der Waals surface area (Å²) in [7, 11) is -1.43. The normalized spacial score (nSPS) is 16.2. The molecule has 0 radical (unpaired) electrons. The number of benzene rings is 4. The fraction of sp³-hybridized carbons (Fsp3) is 0.194. The number of fused-ring (bicyclic) bond motifs is 8. The van der Waals surface area contributed by atoms with Crippen molar-refractivity contribution in [2.24, 2.45) is 7.05 Å². The van der Waals surface area contributed by atoms with Crippen LogP contribution < -0.4 is 25.3 Å². The minimum atomic E-state index is -1.85. The Morgan fingerprint density at radius 3 is 2.06 bits per heavy atom. The van der Waals surface area contributed by atoms with E-state index in [2.05, 4.69) is 118 Å². The van der Waals surface area contributed by atoms with Gasteiger partial charge >= 0.3 is 5.89 Å². The van der Waals surface area contributed by atoms with E-state index < -0.39 is 16.1 Å². The van der Waals surface area contributed by atoms with Crippen LogP contribution in [0.1, 0.15) is 5.56 Å². The molecule has 0 amide bonds. The maximum Gasteiger partial charge on any atom is 0.381 e. The van der Waals surface area contributed by atoms with Crippen molar-refractivity contribution in [2.45, 2.75) is 33.1 Å². The summed E-state index contributed by atoms with van der Waals surface area (Å²) in [6, 6.07) is 27.4. The largest absolute Gasteiger partial charge is 0.397 e. The van der Waals surface area contributed by atoms with Crippen LogP contribution in [0.15, 0.2) is 77.2 Å². The molecule has 4 heteroatoms. The van der Waals surface area contributed by atoms with Gasteiger partial charge in [-0.15, -0.1) is 0 Å². The SMILES string of the molecule is Cc1ccccc1-c1oc2c3c(ccc2[n+]1C)[Si](C)(C)c1cc2c(cc1-3)-c1ccccc1[Si]2(C)C. The van der Waals surface area contributed by atoms with Gasteiger partial charge in [0.2, 0.25) is 5.58 Å². The molecule has 7 rings (SSSR count). The Hall–Kier alpha value is -3.22. The molecule has 0 atom stereocenters. The zero-order valence-corrected chi connectivity index (χ0v) is 23.3. The lowest BCUT2D eigenvalue weighted by atomic mass is 9.98. The summed E-state index contributed by atoms with van der Waals surface area (Å²) in [6.07, 6.45) is 0. The van der Waals surface area contributed by atoms with E-state index in [9.17, 15) is 0 Å². The van der Waals surface area contributed by atoms with Gasteiger partial charge in [0.25, 0.3) is 5.52 Å². The standard InChI is InChI=1S/C31H30NOSi2/c1-19-11-7-8-12-20(19)31-32(2)24-15-16-26-29(30(24)33-31)23-17-22-21-13-9-10-14-25(21)34(3,4)27(22)18-28(23)35(26,5)6/h7-18H,1-6H3/q+1. The average Bonchev–Trinajstić information content (AvgIpc) is 3.38. The number of nitrogens with zero attached hydrogens (tertiary/aromatic N) is 1. The second-order valence-electron chi connectivity index (χ2n) is 11.4. The third-order valence-corrected chi connectivity index (χ3v) is 15.8. The summed E-state index contributed by atoms with van der Waals surface area (Å²) < 4.78 is 9.01. The van der Waals surface area contributed by atoms with Crippen LogP contribution in [0, 0.1) is 6.92 Å². The Labute approximate surface area is 208 Å². The molecule has 0 aliphatic carbocycles. The highest BCUT2D eigenvalue weighted by Gasteiger charge is 2.45. The molecule has 172 valence electrons. The Balaban J connectivity index is 1.56. The van der Waals surface area contributed by atoms with Crippen molar-refractivity contribution < 1.29 is 8.98 Å². The van der Waals surface area contributed by atoms with Crippen molar-refractivity contribution in [3.63, 3.8) is 0 Å². The number of hydrogen-bond donors (Lipinski definition) is 0. The third kappa shape index (κ3) is 2.56. The van der Waals surface area contributed by atoms with Gasteiger partial charge in [-0.3, -0.25) is 0 Å². The van der Waals surface area contributed by atoms with Crippen molar-refractivity contribution in [1.82, 2.24) is 0 Å². The van der Waals surface area contributed by atoms with Gasteiger partial charge in [0, 0.05) is 11.6 Å². The van der Waals surface area contributed by atoms with Crippen LogP contribution in [0.5, 0.6) is 0 Å². The van der Waals surface area contributed by atoms with Gasteiger partial charge in [-0.05, 0) is 62.1 Å². The highest BCUT2D eigenvalue weighted by atomic mass is 28.3. The van der Waals surface area contributed by atoms with Gasteiger partial charge in [0.1, 0.15) is 23.2 Å². The lowest BCUT2D eigenvalue weighted by Crippen LogP contribution is -2.54. The van der Waals surface area contributed by atoms with Crippen LogP contribution in [0.4, 0.5) is 0 Å². The molecule has 0 bridgehead atoms. The van der Waals surface area contributed by atoms with Crippen LogP contribution in [-0.2, 0) is 7.05 Å². The lowest BCUT2D eigenvalue weighted by Gasteiger charge is -2.23. The maximum atomic E-state index is 6.78. The van der Waals surface area contributed by atoms with Crippen molar-refractivity contribution in [2.75, 3.05) is 0 Å². The number of rotatable bonds is 1. The first-order valence-corrected chi connectivity index (χ1v) is 18.5. The van der Waals surface area contributed by atoms with Crippen LogP contribution in [0.2, 0.25) is 26.2 Å². The van der Waals surface area contributed by atoms with Crippen molar-refractivity contribution in [3.8, 4) is 33.7 Å². The predicted molar refractivity (Wildman–Crippen MR) is 152 cm³/mol. The summed E-state index contributed by atoms with van der Waals surface area (Å²) in [6.45, 7) is 12.2. The van der Waals surface area contributed by atoms with Crippen molar-refractivity contribution in [1.29, 1.82) is 0 Å². The van der Waals surface area contributed by atoms with E-state index in [1.54, 1.807) is 15.6 Å². The molecule has 0 fully saturated rings. The van der Waals surface area contributed by atoms with Crippen molar-refractivity contribution >= 4 is 48.0 Å². The third-order valence-electron chi connectivity index (χ3n) is 8.71. The quantitative estimate of drug-likeness (QED) is 0.244. The molecule has 5 aromatic rings. The van der Waals surface area contributed by atoms with Gasteiger partial charge in [-0.2, -0.15) is 4.57 Å². The minimum Gasteiger partial charge on any atom is -0.397 e. The average molecular weight is 489 g/mol. The van der Waals surface area contributed by atoms with E-state index in [-0.39, 0.29) is 0 Å². The lowest BCUT2D eigenvalue weighted by molar-refractivity contribution is -0.637. The van der Waals surface area contributed by atoms with Gasteiger partial charge in [-0.1, -0.05) is 80.8 Å². The van der Waals surface area contributed by atoms with E-state index in [1.807, 2.05) is 0 Å². The van der Waals surface area contributed by atoms with Crippen LogP contribution in [0.3, 0.4) is 0 Å². The first kappa shape index (κ1) is 21.1. The van der Waals surface area contributed by atoms with Crippen LogP contribution >= 0.6 is 0 Å². The van der Waals surface area contributed by atoms with Gasteiger partial charge in [0.05, 0.1) is 5.56 Å². The summed E-state index contributed by atoms with van der Waals surface area (Å²) in [5, 5.41) is 6.25. The van der Waals surface area contributed by atoms with Crippen molar-refractivity contribution in [3.05, 3.63) is 78.4 Å². The van der Waals surface area contributed by atoms with E-state index >= 15 is 0 Å². The summed E-state index contributed by atoms with van der Waals surface area (Å²) in [4.78, 5) is 0. The fourth-order valence-corrected chi connectivity index (χ4v) is 12.9. The number of aryl methyl sites for hydroxylation is 2. The molecular formula is C31H30NOSi2+. The predicted octanol–water partition coefficient (Wildman–Crippen LogP) is 4.84. The Kier molecular flexibility index (Phi) is 4.05. The van der Waals surface area contributed by atoms with Crippen LogP contribution in [0.25, 0.3) is 44.8 Å². The molecule has 4 aromatic carbocycles. The highest BCUT2D eigenvalue weighted by Crippen LogP contribution is 2.39. The second kappa shape index (κ2) is 6.71. The summed E-state index contributed by atoms with van der Waals surface area (Å²) in [5.74, 6) is 0.930. The zero-order valence-electron chi connectivity index (χ0n) is 21.3. The molecule has 2 aliphatic rings. The number of oxazole rings is 1. The Morgan fingerprint density at radius 1 is 0.629 bits per heavy atom. The summed E-state index contributed by atoms with van der Waals surface area (Å²) >= 11 is 0. The Morgan fingerprint density at radius 2 is 1.29 bits per heavy atom. The van der Waals surface area contributed by atoms with Gasteiger partial charge in [-0.25, -0.2) is 0 Å². The molecule has 0 unspecified atom stereocenters. The van der Waals surface area contributed by atoms with Gasteiger partial charge in [0.15, 0.2) is 0 Å². The fourth-order valence-electron chi connectivity index (χ4n) is 6.67. The molecule has 3 heterocycles. The van der Waals surface area contributed by atoms with E-state index in [4.69, 9.17) is 4.42 Å². The van der Waals surface area contributed by atoms with Gasteiger partial charge < -0.3 is 4.42 Å². The molecule has 1 aromatic heterocycles. The molecular weight excluding hydrogens is 459 g/mol. The van der Waals surface area contributed by atoms with E-state index in [0.717, 1.165) is 22.6 Å². The highest BCUT2D eigenvalue weighted by molar-refractivity contribution is 7.06. The molecule has 0 saturated carbocycles. The summed E-state index contributed by atoms with van der Waals surface area (Å²) in [5.41, 5.74) is 10.2. The maximum absolute atomic E-state index is 6.78. The van der Waals surface area contributed by atoms with E-state index in [0.29, 0.717) is 0 Å². The monoisotopic (exact) mass is 488 g/mol. The molecule has 2 nitrogen and oxygen atoms in total. The van der Waals surface area contributed by atoms with E-state index in [1.165, 1.54) is 33.0 Å². The molecule has 35 heavy (non-hydrogen) atoms. The number of hydrogen-bond acceptors (Lipinski definition) is 1. The smallest absolute Gasteiger partial charge is 0.381 e. The van der Waals surface area contributed by atoms with Crippen LogP contribution in [-0.4, -0.2) is 16.1 Å². The zero-order chi connectivity index (χ0) is 24.3. The first-order valence-electron chi connectivity index (χ1n) is 12.5.